The van der Waals surface area contributed by atoms with Crippen molar-refractivity contribution in [3.63, 3.8) is 0 Å². The van der Waals surface area contributed by atoms with Gasteiger partial charge in [0.05, 0.1) is 11.5 Å². The molecule has 1 N–H and O–H groups in total. The Morgan fingerprint density at radius 2 is 2.10 bits per heavy atom. The molecule has 0 bridgehead atoms. The minimum absolute atomic E-state index is 0.289. The number of benzene rings is 1. The fourth-order valence-electron chi connectivity index (χ4n) is 1.77. The summed E-state index contributed by atoms with van der Waals surface area (Å²) in [4.78, 5) is 0.289. The van der Waals surface area contributed by atoms with Gasteiger partial charge in [0.2, 0.25) is 10.0 Å². The van der Waals surface area contributed by atoms with Gasteiger partial charge in [-0.1, -0.05) is 13.0 Å². The summed E-state index contributed by atoms with van der Waals surface area (Å²) in [6, 6.07) is 5.41. The number of hydrogen-bond donors (Lipinski definition) is 1. The number of rotatable bonds is 9. The second-order valence-electron chi connectivity index (χ2n) is 4.76. The normalized spacial score (nSPS) is 12.0. The highest BCUT2D eigenvalue weighted by Crippen LogP contribution is 2.25. The molecule has 0 saturated heterocycles. The Balaban J connectivity index is 2.96. The van der Waals surface area contributed by atoms with Gasteiger partial charge in [-0.3, -0.25) is 0 Å². The summed E-state index contributed by atoms with van der Waals surface area (Å²) in [5.41, 5.74) is 0.949. The zero-order valence-corrected chi connectivity index (χ0v) is 15.1. The lowest BCUT2D eigenvalue weighted by atomic mass is 10.2. The van der Waals surface area contributed by atoms with Gasteiger partial charge in [0.1, 0.15) is 0 Å². The van der Waals surface area contributed by atoms with Crippen LogP contribution in [-0.2, 0) is 21.3 Å². The molecule has 0 saturated carbocycles. The van der Waals surface area contributed by atoms with Gasteiger partial charge in [-0.2, -0.15) is 4.31 Å². The van der Waals surface area contributed by atoms with E-state index >= 15 is 0 Å². The fraction of sp³-hybridized carbons (Fsp3) is 0.571. The van der Waals surface area contributed by atoms with Crippen molar-refractivity contribution in [2.24, 2.45) is 0 Å². The molecule has 0 radical (unpaired) electrons. The van der Waals surface area contributed by atoms with Crippen LogP contribution in [0, 0.1) is 0 Å². The number of sulfonamides is 1. The molecule has 0 aliphatic rings. The van der Waals surface area contributed by atoms with E-state index in [1.54, 1.807) is 26.3 Å². The van der Waals surface area contributed by atoms with E-state index < -0.39 is 10.0 Å². The summed E-state index contributed by atoms with van der Waals surface area (Å²) in [6.45, 7) is 4.35. The van der Waals surface area contributed by atoms with Crippen LogP contribution in [0.5, 0.6) is 0 Å². The molecule has 5 nitrogen and oxygen atoms in total. The van der Waals surface area contributed by atoms with Crippen molar-refractivity contribution in [2.45, 2.75) is 24.8 Å². The highest BCUT2D eigenvalue weighted by atomic mass is 79.9. The van der Waals surface area contributed by atoms with Crippen LogP contribution in [0.15, 0.2) is 27.6 Å². The van der Waals surface area contributed by atoms with Gasteiger partial charge in [0.25, 0.3) is 0 Å². The maximum absolute atomic E-state index is 12.6. The van der Waals surface area contributed by atoms with Gasteiger partial charge in [-0.25, -0.2) is 8.42 Å². The van der Waals surface area contributed by atoms with Crippen molar-refractivity contribution in [1.82, 2.24) is 9.62 Å². The maximum Gasteiger partial charge on any atom is 0.244 e. The average molecular weight is 379 g/mol. The third kappa shape index (κ3) is 5.34. The average Bonchev–Trinajstić information content (AvgIpc) is 2.46. The molecule has 120 valence electrons. The van der Waals surface area contributed by atoms with E-state index in [1.807, 2.05) is 6.07 Å². The molecule has 0 aliphatic carbocycles. The Kier molecular flexibility index (Phi) is 7.83. The van der Waals surface area contributed by atoms with Crippen molar-refractivity contribution in [1.29, 1.82) is 0 Å². The van der Waals surface area contributed by atoms with Crippen molar-refractivity contribution in [3.8, 4) is 0 Å². The third-order valence-electron chi connectivity index (χ3n) is 3.05. The molecular formula is C14H23BrN2O3S. The summed E-state index contributed by atoms with van der Waals surface area (Å²) >= 11 is 3.33. The lowest BCUT2D eigenvalue weighted by Crippen LogP contribution is -2.30. The second-order valence-corrected chi connectivity index (χ2v) is 7.63. The molecule has 0 amide bonds. The monoisotopic (exact) mass is 378 g/mol. The summed E-state index contributed by atoms with van der Waals surface area (Å²) in [5, 5.41) is 3.27. The van der Waals surface area contributed by atoms with Gasteiger partial charge in [0.15, 0.2) is 0 Å². The zero-order chi connectivity index (χ0) is 15.9. The Bertz CT molecular complexity index is 549. The van der Waals surface area contributed by atoms with E-state index in [1.165, 1.54) is 4.31 Å². The number of halogens is 1. The standard InChI is InChI=1S/C14H23BrN2O3S/c1-4-7-16-11-12-5-6-13(15)14(10-12)21(18,19)17(2)8-9-20-3/h5-6,10,16H,4,7-9,11H2,1-3H3. The quantitative estimate of drug-likeness (QED) is 0.669. The van der Waals surface area contributed by atoms with Crippen LogP contribution >= 0.6 is 15.9 Å². The predicted molar refractivity (Wildman–Crippen MR) is 87.8 cm³/mol. The number of nitrogens with zero attached hydrogens (tertiary/aromatic N) is 1. The molecule has 0 aliphatic heterocycles. The molecule has 1 rings (SSSR count). The Morgan fingerprint density at radius 3 is 2.71 bits per heavy atom. The van der Waals surface area contributed by atoms with Crippen molar-refractivity contribution in [3.05, 3.63) is 28.2 Å². The number of nitrogens with one attached hydrogen (secondary N) is 1. The van der Waals surface area contributed by atoms with Gasteiger partial charge in [-0.15, -0.1) is 0 Å². The highest BCUT2D eigenvalue weighted by Gasteiger charge is 2.23. The molecule has 0 heterocycles. The van der Waals surface area contributed by atoms with E-state index in [0.717, 1.165) is 18.5 Å². The van der Waals surface area contributed by atoms with Gasteiger partial charge in [0, 0.05) is 31.7 Å². The fourth-order valence-corrected chi connectivity index (χ4v) is 3.90. The molecule has 0 atom stereocenters. The molecular weight excluding hydrogens is 356 g/mol. The Labute approximate surface area is 135 Å². The molecule has 1 aromatic rings. The van der Waals surface area contributed by atoms with E-state index in [9.17, 15) is 8.42 Å². The largest absolute Gasteiger partial charge is 0.383 e. The van der Waals surface area contributed by atoms with Crippen LogP contribution in [0.4, 0.5) is 0 Å². The molecule has 1 aromatic carbocycles. The van der Waals surface area contributed by atoms with E-state index in [4.69, 9.17) is 4.74 Å². The topological polar surface area (TPSA) is 58.6 Å². The summed E-state index contributed by atoms with van der Waals surface area (Å²) in [5.74, 6) is 0. The number of hydrogen-bond acceptors (Lipinski definition) is 4. The van der Waals surface area contributed by atoms with Crippen molar-refractivity contribution < 1.29 is 13.2 Å². The van der Waals surface area contributed by atoms with Crippen molar-refractivity contribution in [2.75, 3.05) is 33.9 Å². The predicted octanol–water partition coefficient (Wildman–Crippen LogP) is 2.22. The SMILES string of the molecule is CCCNCc1ccc(Br)c(S(=O)(=O)N(C)CCOC)c1. The summed E-state index contributed by atoms with van der Waals surface area (Å²) in [6.07, 6.45) is 1.04. The third-order valence-corrected chi connectivity index (χ3v) is 5.90. The number of likely N-dealkylation sites (N-methyl/N-ethyl adjacent to an activating group) is 1. The molecule has 0 aromatic heterocycles. The first-order chi connectivity index (χ1) is 9.93. The second kappa shape index (κ2) is 8.85. The smallest absolute Gasteiger partial charge is 0.244 e. The first-order valence-corrected chi connectivity index (χ1v) is 9.11. The summed E-state index contributed by atoms with van der Waals surface area (Å²) < 4.78 is 31.9. The molecule has 0 spiro atoms. The van der Waals surface area contributed by atoms with Gasteiger partial charge >= 0.3 is 0 Å². The molecule has 7 heteroatoms. The first kappa shape index (κ1) is 18.6. The molecule has 21 heavy (non-hydrogen) atoms. The summed E-state index contributed by atoms with van der Waals surface area (Å²) in [7, 11) is -0.406. The minimum Gasteiger partial charge on any atom is -0.383 e. The maximum atomic E-state index is 12.6. The van der Waals surface area contributed by atoms with Crippen LogP contribution in [0.2, 0.25) is 0 Å². The van der Waals surface area contributed by atoms with Crippen LogP contribution in [0.3, 0.4) is 0 Å². The van der Waals surface area contributed by atoms with E-state index in [2.05, 4.69) is 28.2 Å². The zero-order valence-electron chi connectivity index (χ0n) is 12.7. The Hall–Kier alpha value is -0.470. The van der Waals surface area contributed by atoms with E-state index in [0.29, 0.717) is 24.2 Å². The lowest BCUT2D eigenvalue weighted by Gasteiger charge is -2.18. The molecule has 0 fully saturated rings. The van der Waals surface area contributed by atoms with Crippen molar-refractivity contribution >= 4 is 26.0 Å². The lowest BCUT2D eigenvalue weighted by molar-refractivity contribution is 0.185. The van der Waals surface area contributed by atoms with Crippen LogP contribution < -0.4 is 5.32 Å². The Morgan fingerprint density at radius 1 is 1.38 bits per heavy atom. The number of ether oxygens (including phenoxy) is 1. The van der Waals surface area contributed by atoms with Gasteiger partial charge < -0.3 is 10.1 Å². The molecule has 0 unspecified atom stereocenters. The highest BCUT2D eigenvalue weighted by molar-refractivity contribution is 9.10. The van der Waals surface area contributed by atoms with Crippen LogP contribution in [0.1, 0.15) is 18.9 Å². The van der Waals surface area contributed by atoms with Gasteiger partial charge in [-0.05, 0) is 46.6 Å². The minimum atomic E-state index is -3.52. The number of methoxy groups -OCH3 is 1. The first-order valence-electron chi connectivity index (χ1n) is 6.88. The van der Waals surface area contributed by atoms with Crippen LogP contribution in [-0.4, -0.2) is 46.6 Å². The van der Waals surface area contributed by atoms with E-state index in [-0.39, 0.29) is 4.90 Å². The van der Waals surface area contributed by atoms with Crippen LogP contribution in [0.25, 0.3) is 0 Å².